The first kappa shape index (κ1) is 24.6. The molecule has 1 aliphatic rings. The molecule has 0 amide bonds. The van der Waals surface area contributed by atoms with E-state index in [0.717, 1.165) is 0 Å². The smallest absolute Gasteiger partial charge is 0.323 e. The highest BCUT2D eigenvalue weighted by molar-refractivity contribution is 5.75. The van der Waals surface area contributed by atoms with Gasteiger partial charge in [-0.05, 0) is 18.8 Å². The minimum absolute atomic E-state index is 0.0197. The number of rotatable bonds is 10. The summed E-state index contributed by atoms with van der Waals surface area (Å²) in [5.41, 5.74) is 11.0. The summed E-state index contributed by atoms with van der Waals surface area (Å²) in [6.07, 6.45) is -0.793. The molecule has 0 aliphatic carbocycles. The van der Waals surface area contributed by atoms with Crippen molar-refractivity contribution in [2.75, 3.05) is 18.9 Å². The number of hydrogen-bond donors (Lipinski definition) is 3. The topological polar surface area (TPSA) is 177 Å². The highest BCUT2D eigenvalue weighted by Gasteiger charge is 2.38. The van der Waals surface area contributed by atoms with Crippen LogP contribution in [0, 0.1) is 5.92 Å². The van der Waals surface area contributed by atoms with Gasteiger partial charge >= 0.3 is 11.9 Å². The third-order valence-corrected chi connectivity index (χ3v) is 5.34. The van der Waals surface area contributed by atoms with E-state index in [9.17, 15) is 18.8 Å². The van der Waals surface area contributed by atoms with Crippen molar-refractivity contribution in [3.63, 3.8) is 0 Å². The maximum absolute atomic E-state index is 14.5. The number of imidazole rings is 1. The van der Waals surface area contributed by atoms with E-state index in [2.05, 4.69) is 15.0 Å². The number of carbonyl (C=O) groups excluding carboxylic acids is 2. The van der Waals surface area contributed by atoms with Crippen molar-refractivity contribution in [2.45, 2.75) is 64.1 Å². The van der Waals surface area contributed by atoms with E-state index in [4.69, 9.17) is 25.7 Å². The Balaban J connectivity index is 1.41. The number of hydrogen-bond acceptors (Lipinski definition) is 10. The van der Waals surface area contributed by atoms with Gasteiger partial charge in [0.2, 0.25) is 5.95 Å². The number of nitrogen functional groups attached to an aromatic ring is 1. The third kappa shape index (κ3) is 6.05. The van der Waals surface area contributed by atoms with E-state index in [0.29, 0.717) is 12.8 Å². The second-order valence-corrected chi connectivity index (χ2v) is 8.23. The number of carbonyl (C=O) groups is 2. The van der Waals surface area contributed by atoms with Crippen LogP contribution < -0.4 is 17.0 Å². The molecule has 2 aromatic heterocycles. The average molecular weight is 468 g/mol. The SMILES string of the molecule is CC(C)[C@H](N)C(=O)OCCCCC(=O)OC[C@H]1O[C@@H](n2cnc3c(=O)[nH]c(N)nc32)CC1F. The molecule has 33 heavy (non-hydrogen) atoms. The molecule has 1 saturated heterocycles. The second kappa shape index (κ2) is 10.7. The van der Waals surface area contributed by atoms with Crippen molar-refractivity contribution in [1.29, 1.82) is 0 Å². The van der Waals surface area contributed by atoms with Gasteiger partial charge in [0.25, 0.3) is 5.56 Å². The summed E-state index contributed by atoms with van der Waals surface area (Å²) in [5.74, 6) is -1.09. The van der Waals surface area contributed by atoms with E-state index >= 15 is 0 Å². The molecular formula is C20H29FN6O6. The van der Waals surface area contributed by atoms with Gasteiger partial charge in [-0.2, -0.15) is 4.98 Å². The minimum atomic E-state index is -1.39. The average Bonchev–Trinajstić information content (AvgIpc) is 3.34. The Bertz CT molecular complexity index is 1040. The van der Waals surface area contributed by atoms with Gasteiger partial charge in [-0.25, -0.2) is 9.37 Å². The lowest BCUT2D eigenvalue weighted by Gasteiger charge is -2.15. The molecule has 0 aromatic carbocycles. The van der Waals surface area contributed by atoms with Gasteiger partial charge in [-0.3, -0.25) is 23.9 Å². The lowest BCUT2D eigenvalue weighted by molar-refractivity contribution is -0.149. The summed E-state index contributed by atoms with van der Waals surface area (Å²) in [7, 11) is 0. The van der Waals surface area contributed by atoms with Crippen molar-refractivity contribution in [2.24, 2.45) is 11.7 Å². The molecular weight excluding hydrogens is 439 g/mol. The number of esters is 2. The molecule has 4 atom stereocenters. The Hall–Kier alpha value is -3.06. The van der Waals surface area contributed by atoms with Crippen LogP contribution in [0.25, 0.3) is 11.2 Å². The number of H-pyrrole nitrogens is 1. The first-order valence-corrected chi connectivity index (χ1v) is 10.8. The van der Waals surface area contributed by atoms with E-state index in [1.165, 1.54) is 10.9 Å². The number of alkyl halides is 1. The summed E-state index contributed by atoms with van der Waals surface area (Å²) < 4.78 is 31.8. The fourth-order valence-corrected chi connectivity index (χ4v) is 3.32. The molecule has 12 nitrogen and oxygen atoms in total. The number of aromatic nitrogens is 4. The van der Waals surface area contributed by atoms with Crippen molar-refractivity contribution < 1.29 is 28.2 Å². The van der Waals surface area contributed by atoms with Gasteiger partial charge in [0.05, 0.1) is 12.9 Å². The standard InChI is InChI=1S/C20H29FN6O6/c1-10(2)15(22)19(30)31-6-4-3-5-14(28)32-8-12-11(21)7-13(33-12)27-9-24-16-17(27)25-20(23)26-18(16)29/h9-13,15H,3-8,22H2,1-2H3,(H3,23,25,26,29)/t11?,12-,13-,15+/m1/s1. The van der Waals surface area contributed by atoms with E-state index < -0.39 is 42.0 Å². The van der Waals surface area contributed by atoms with Crippen molar-refractivity contribution >= 4 is 29.1 Å². The zero-order valence-electron chi connectivity index (χ0n) is 18.5. The van der Waals surface area contributed by atoms with Crippen molar-refractivity contribution in [3.8, 4) is 0 Å². The van der Waals surface area contributed by atoms with Crippen LogP contribution in [-0.2, 0) is 23.8 Å². The second-order valence-electron chi connectivity index (χ2n) is 8.23. The maximum atomic E-state index is 14.5. The molecule has 0 saturated carbocycles. The number of ether oxygens (including phenoxy) is 3. The van der Waals surface area contributed by atoms with Gasteiger partial charge in [-0.15, -0.1) is 0 Å². The Morgan fingerprint density at radius 3 is 2.85 bits per heavy atom. The largest absolute Gasteiger partial charge is 0.465 e. The molecule has 2 aromatic rings. The first-order chi connectivity index (χ1) is 15.7. The van der Waals surface area contributed by atoms with Gasteiger partial charge in [0.1, 0.15) is 31.2 Å². The number of halogens is 1. The van der Waals surface area contributed by atoms with Crippen LogP contribution in [0.5, 0.6) is 0 Å². The maximum Gasteiger partial charge on any atom is 0.323 e. The predicted octanol–water partition coefficient (Wildman–Crippen LogP) is 0.567. The monoisotopic (exact) mass is 468 g/mol. The van der Waals surface area contributed by atoms with Gasteiger partial charge in [0.15, 0.2) is 11.2 Å². The Kier molecular flexibility index (Phi) is 7.97. The van der Waals surface area contributed by atoms with Crippen molar-refractivity contribution in [3.05, 3.63) is 16.7 Å². The van der Waals surface area contributed by atoms with Crippen molar-refractivity contribution in [1.82, 2.24) is 19.5 Å². The van der Waals surface area contributed by atoms with Crippen LogP contribution in [0.2, 0.25) is 0 Å². The highest BCUT2D eigenvalue weighted by atomic mass is 19.1. The predicted molar refractivity (Wildman–Crippen MR) is 115 cm³/mol. The molecule has 3 heterocycles. The van der Waals surface area contributed by atoms with Gasteiger partial charge < -0.3 is 25.7 Å². The molecule has 182 valence electrons. The molecule has 13 heteroatoms. The van der Waals surface area contributed by atoms with Crippen LogP contribution in [0.3, 0.4) is 0 Å². The van der Waals surface area contributed by atoms with Crippen LogP contribution in [0.15, 0.2) is 11.1 Å². The van der Waals surface area contributed by atoms with E-state index in [-0.39, 0.29) is 49.1 Å². The zero-order valence-corrected chi connectivity index (χ0v) is 18.5. The molecule has 1 aliphatic heterocycles. The molecule has 0 radical (unpaired) electrons. The van der Waals surface area contributed by atoms with Gasteiger partial charge in [-0.1, -0.05) is 13.8 Å². The van der Waals surface area contributed by atoms with Gasteiger partial charge in [0, 0.05) is 12.8 Å². The summed E-state index contributed by atoms with van der Waals surface area (Å²) in [5, 5.41) is 0. The van der Waals surface area contributed by atoms with E-state index in [1.807, 2.05) is 13.8 Å². The Morgan fingerprint density at radius 1 is 1.36 bits per heavy atom. The summed E-state index contributed by atoms with van der Waals surface area (Å²) in [6.45, 7) is 3.56. The van der Waals surface area contributed by atoms with E-state index in [1.54, 1.807) is 0 Å². The molecule has 1 unspecified atom stereocenters. The highest BCUT2D eigenvalue weighted by Crippen LogP contribution is 2.32. The quantitative estimate of drug-likeness (QED) is 0.330. The number of aromatic amines is 1. The number of nitrogens with two attached hydrogens (primary N) is 2. The fourth-order valence-electron chi connectivity index (χ4n) is 3.32. The number of anilines is 1. The molecule has 0 spiro atoms. The van der Waals surface area contributed by atoms with Crippen LogP contribution in [-0.4, -0.2) is 63.0 Å². The molecule has 1 fully saturated rings. The van der Waals surface area contributed by atoms with Crippen LogP contribution >= 0.6 is 0 Å². The molecule has 5 N–H and O–H groups in total. The first-order valence-electron chi connectivity index (χ1n) is 10.8. The summed E-state index contributed by atoms with van der Waals surface area (Å²) in [6, 6.07) is -0.673. The lowest BCUT2D eigenvalue weighted by atomic mass is 10.1. The Labute approximate surface area is 188 Å². The van der Waals surface area contributed by atoms with Crippen LogP contribution in [0.4, 0.5) is 10.3 Å². The summed E-state index contributed by atoms with van der Waals surface area (Å²) >= 11 is 0. The number of nitrogens with zero attached hydrogens (tertiary/aromatic N) is 3. The number of fused-ring (bicyclic) bond motifs is 1. The summed E-state index contributed by atoms with van der Waals surface area (Å²) in [4.78, 5) is 45.9. The Morgan fingerprint density at radius 2 is 2.12 bits per heavy atom. The number of nitrogens with one attached hydrogen (secondary N) is 1. The fraction of sp³-hybridized carbons (Fsp3) is 0.650. The normalized spacial score (nSPS) is 21.4. The molecule has 3 rings (SSSR count). The third-order valence-electron chi connectivity index (χ3n) is 5.34. The molecule has 0 bridgehead atoms. The number of unbranched alkanes of at least 4 members (excludes halogenated alkanes) is 1. The zero-order chi connectivity index (χ0) is 24.1. The van der Waals surface area contributed by atoms with Crippen LogP contribution in [0.1, 0.15) is 45.8 Å². The lowest BCUT2D eigenvalue weighted by Crippen LogP contribution is -2.37. The minimum Gasteiger partial charge on any atom is -0.465 e.